The number of carbonyl (C=O) groups is 1. The minimum Gasteiger partial charge on any atom is -0.492 e. The van der Waals surface area contributed by atoms with Gasteiger partial charge in [0, 0.05) is 51.0 Å². The van der Waals surface area contributed by atoms with Crippen molar-refractivity contribution < 1.29 is 9.53 Å². The average molecular weight is 502 g/mol. The molecular weight excluding hydrogens is 458 g/mol. The van der Waals surface area contributed by atoms with E-state index in [1.807, 2.05) is 12.4 Å². The first-order valence-electron chi connectivity index (χ1n) is 14.8. The highest BCUT2D eigenvalue weighted by molar-refractivity contribution is 5.82. The number of amides is 1. The average Bonchev–Trinajstić information content (AvgIpc) is 3.66. The van der Waals surface area contributed by atoms with Gasteiger partial charge in [0.25, 0.3) is 0 Å². The summed E-state index contributed by atoms with van der Waals surface area (Å²) in [7, 11) is 0. The Bertz CT molecular complexity index is 1040. The van der Waals surface area contributed by atoms with Crippen molar-refractivity contribution in [2.45, 2.75) is 70.8 Å². The third-order valence-corrected chi connectivity index (χ3v) is 9.83. The molecule has 5 heteroatoms. The third-order valence-electron chi connectivity index (χ3n) is 9.83. The third kappa shape index (κ3) is 5.72. The van der Waals surface area contributed by atoms with Crippen LogP contribution in [0.5, 0.6) is 5.75 Å². The van der Waals surface area contributed by atoms with E-state index in [2.05, 4.69) is 51.2 Å². The van der Waals surface area contributed by atoms with Gasteiger partial charge in [-0.2, -0.15) is 0 Å². The lowest BCUT2D eigenvalue weighted by Crippen LogP contribution is -2.49. The van der Waals surface area contributed by atoms with Crippen LogP contribution in [0.4, 0.5) is 0 Å². The molecule has 3 fully saturated rings. The van der Waals surface area contributed by atoms with Crippen LogP contribution in [-0.2, 0) is 17.8 Å². The number of hydrogen-bond acceptors (Lipinski definition) is 4. The van der Waals surface area contributed by atoms with E-state index in [0.717, 1.165) is 57.7 Å². The lowest BCUT2D eigenvalue weighted by molar-refractivity contribution is -0.136. The number of ether oxygens (including phenoxy) is 1. The second-order valence-corrected chi connectivity index (χ2v) is 12.2. The van der Waals surface area contributed by atoms with Crippen molar-refractivity contribution in [1.82, 2.24) is 14.8 Å². The predicted octanol–water partition coefficient (Wildman–Crippen LogP) is 5.73. The van der Waals surface area contributed by atoms with E-state index in [9.17, 15) is 4.79 Å². The Morgan fingerprint density at radius 1 is 0.919 bits per heavy atom. The molecule has 37 heavy (non-hydrogen) atoms. The largest absolute Gasteiger partial charge is 0.492 e. The number of para-hydroxylation sites is 1. The van der Waals surface area contributed by atoms with E-state index < -0.39 is 0 Å². The number of pyridine rings is 1. The lowest BCUT2D eigenvalue weighted by atomic mass is 9.73. The number of carbonyl (C=O) groups excluding carboxylic acids is 1. The van der Waals surface area contributed by atoms with Crippen LogP contribution >= 0.6 is 0 Å². The van der Waals surface area contributed by atoms with Crippen molar-refractivity contribution in [1.29, 1.82) is 0 Å². The van der Waals surface area contributed by atoms with Crippen molar-refractivity contribution in [3.05, 3.63) is 59.9 Å². The number of piperidine rings is 1. The first kappa shape index (κ1) is 24.9. The van der Waals surface area contributed by atoms with Gasteiger partial charge in [0.05, 0.1) is 0 Å². The maximum atomic E-state index is 13.4. The Hall–Kier alpha value is -2.40. The summed E-state index contributed by atoms with van der Waals surface area (Å²) in [5, 5.41) is 0. The summed E-state index contributed by atoms with van der Waals surface area (Å²) >= 11 is 0. The molecule has 2 aliphatic heterocycles. The zero-order valence-electron chi connectivity index (χ0n) is 22.3. The summed E-state index contributed by atoms with van der Waals surface area (Å²) in [5.41, 5.74) is 2.92. The quantitative estimate of drug-likeness (QED) is 0.539. The summed E-state index contributed by atoms with van der Waals surface area (Å²) in [4.78, 5) is 22.5. The predicted molar refractivity (Wildman–Crippen MR) is 146 cm³/mol. The Balaban J connectivity index is 1.16. The molecule has 6 rings (SSSR count). The molecule has 2 aromatic rings. The maximum Gasteiger partial charge on any atom is 0.226 e. The number of likely N-dealkylation sites (tertiary alicyclic amines) is 1. The summed E-state index contributed by atoms with van der Waals surface area (Å²) in [6.45, 7) is 5.49. The molecule has 0 N–H and O–H groups in total. The number of fused-ring (bicyclic) bond motifs is 2. The zero-order chi connectivity index (χ0) is 25.1. The molecule has 2 atom stereocenters. The molecule has 0 bridgehead atoms. The van der Waals surface area contributed by atoms with E-state index in [1.165, 1.54) is 56.1 Å². The standard InChI is InChI=1S/C32H43N3O2/c36-31(30-27-9-2-3-10-28(27)30)35-19-15-32(16-20-35)14-6-5-8-26-7-1-4-11-29(26)37-22-21-34(24-32)23-25-12-17-33-18-13-25/h1,4,7,11-13,17-18,27-28,30H,2-3,5-6,8-10,14-16,19-24H2. The molecule has 1 aromatic carbocycles. The molecule has 2 unspecified atom stereocenters. The molecule has 4 aliphatic rings. The van der Waals surface area contributed by atoms with E-state index >= 15 is 0 Å². The number of nitrogens with zero attached hydrogens (tertiary/aromatic N) is 3. The van der Waals surface area contributed by atoms with Crippen LogP contribution < -0.4 is 4.74 Å². The highest BCUT2D eigenvalue weighted by Gasteiger charge is 2.56. The summed E-state index contributed by atoms with van der Waals surface area (Å²) < 4.78 is 6.33. The van der Waals surface area contributed by atoms with Gasteiger partial charge >= 0.3 is 0 Å². The van der Waals surface area contributed by atoms with Crippen molar-refractivity contribution in [2.24, 2.45) is 23.2 Å². The minimum absolute atomic E-state index is 0.277. The highest BCUT2D eigenvalue weighted by atomic mass is 16.5. The SMILES string of the molecule is O=C(C1C2CCCCC21)N1CCC2(CCCCc3ccccc3OCCN(Cc3ccncc3)C2)CC1. The topological polar surface area (TPSA) is 45.7 Å². The first-order chi connectivity index (χ1) is 18.2. The van der Waals surface area contributed by atoms with Crippen LogP contribution in [0.1, 0.15) is 68.9 Å². The number of aromatic nitrogens is 1. The minimum atomic E-state index is 0.277. The van der Waals surface area contributed by atoms with Crippen LogP contribution in [0.3, 0.4) is 0 Å². The number of benzene rings is 1. The molecule has 5 nitrogen and oxygen atoms in total. The molecule has 198 valence electrons. The fourth-order valence-corrected chi connectivity index (χ4v) is 7.64. The highest BCUT2D eigenvalue weighted by Crippen LogP contribution is 2.56. The van der Waals surface area contributed by atoms with Crippen molar-refractivity contribution >= 4 is 5.91 Å². The fourth-order valence-electron chi connectivity index (χ4n) is 7.64. The second kappa shape index (κ2) is 11.1. The van der Waals surface area contributed by atoms with Gasteiger partial charge in [0.1, 0.15) is 12.4 Å². The van der Waals surface area contributed by atoms with Crippen LogP contribution in [-0.4, -0.2) is 53.5 Å². The van der Waals surface area contributed by atoms with Gasteiger partial charge in [-0.1, -0.05) is 37.5 Å². The van der Waals surface area contributed by atoms with Gasteiger partial charge in [0.2, 0.25) is 5.91 Å². The molecule has 1 saturated heterocycles. The molecule has 1 amide bonds. The molecule has 1 aromatic heterocycles. The molecule has 1 spiro atoms. The van der Waals surface area contributed by atoms with Crippen LogP contribution in [0.15, 0.2) is 48.8 Å². The second-order valence-electron chi connectivity index (χ2n) is 12.2. The molecular formula is C32H43N3O2. The molecule has 3 heterocycles. The molecule has 2 aliphatic carbocycles. The lowest BCUT2D eigenvalue weighted by Gasteiger charge is -2.45. The van der Waals surface area contributed by atoms with Crippen LogP contribution in [0.25, 0.3) is 0 Å². The van der Waals surface area contributed by atoms with Crippen LogP contribution in [0, 0.1) is 23.2 Å². The van der Waals surface area contributed by atoms with Gasteiger partial charge in [-0.15, -0.1) is 0 Å². The van der Waals surface area contributed by atoms with Crippen molar-refractivity contribution in [3.63, 3.8) is 0 Å². The smallest absolute Gasteiger partial charge is 0.226 e. The summed E-state index contributed by atoms with van der Waals surface area (Å²) in [6.07, 6.45) is 16.0. The van der Waals surface area contributed by atoms with Crippen molar-refractivity contribution in [2.75, 3.05) is 32.8 Å². The van der Waals surface area contributed by atoms with E-state index in [4.69, 9.17) is 4.74 Å². The van der Waals surface area contributed by atoms with Gasteiger partial charge < -0.3 is 9.64 Å². The zero-order valence-corrected chi connectivity index (χ0v) is 22.3. The Kier molecular flexibility index (Phi) is 7.50. The number of aryl methyl sites for hydroxylation is 1. The summed E-state index contributed by atoms with van der Waals surface area (Å²) in [6, 6.07) is 12.8. The Morgan fingerprint density at radius 2 is 1.68 bits per heavy atom. The molecule has 2 saturated carbocycles. The maximum absolute atomic E-state index is 13.4. The van der Waals surface area contributed by atoms with Crippen LogP contribution in [0.2, 0.25) is 0 Å². The first-order valence-corrected chi connectivity index (χ1v) is 14.8. The Labute approximate surface area is 222 Å². The van der Waals surface area contributed by atoms with Gasteiger partial charge in [-0.05, 0) is 91.5 Å². The summed E-state index contributed by atoms with van der Waals surface area (Å²) in [5.74, 6) is 3.30. The normalized spacial score (nSPS) is 28.2. The molecule has 0 radical (unpaired) electrons. The van der Waals surface area contributed by atoms with E-state index in [0.29, 0.717) is 30.3 Å². The van der Waals surface area contributed by atoms with Crippen molar-refractivity contribution in [3.8, 4) is 5.75 Å². The number of hydrogen-bond donors (Lipinski definition) is 0. The van der Waals surface area contributed by atoms with E-state index in [1.54, 1.807) is 0 Å². The van der Waals surface area contributed by atoms with Gasteiger partial charge in [0.15, 0.2) is 0 Å². The Morgan fingerprint density at radius 3 is 2.46 bits per heavy atom. The fraction of sp³-hybridized carbons (Fsp3) is 0.625. The van der Waals surface area contributed by atoms with Gasteiger partial charge in [-0.25, -0.2) is 0 Å². The number of rotatable bonds is 3. The van der Waals surface area contributed by atoms with E-state index in [-0.39, 0.29) is 5.41 Å². The van der Waals surface area contributed by atoms with Gasteiger partial charge in [-0.3, -0.25) is 14.7 Å². The monoisotopic (exact) mass is 501 g/mol.